The van der Waals surface area contributed by atoms with Gasteiger partial charge in [-0.15, -0.1) is 0 Å². The quantitative estimate of drug-likeness (QED) is 0.569. The molecule has 0 atom stereocenters. The van der Waals surface area contributed by atoms with Crippen molar-refractivity contribution in [3.63, 3.8) is 0 Å². The maximum Gasteiger partial charge on any atom is 0.347 e. The molecule has 1 aromatic carbocycles. The zero-order valence-electron chi connectivity index (χ0n) is 16.3. The summed E-state index contributed by atoms with van der Waals surface area (Å²) in [4.78, 5) is 35.8. The van der Waals surface area contributed by atoms with Crippen molar-refractivity contribution in [1.29, 1.82) is 0 Å². The molecule has 1 fully saturated rings. The van der Waals surface area contributed by atoms with Gasteiger partial charge in [0.15, 0.2) is 0 Å². The third kappa shape index (κ3) is 3.10. The molecule has 2 amide bonds. The normalized spacial score (nSPS) is 13.3. The number of hydrogen-bond acceptors (Lipinski definition) is 5. The van der Waals surface area contributed by atoms with Gasteiger partial charge in [0.1, 0.15) is 5.82 Å². The molecular weight excluding hydrogens is 382 g/mol. The Bertz CT molecular complexity index is 1260. The minimum atomic E-state index is -0.484. The minimum absolute atomic E-state index is 0.0943. The molecule has 0 bridgehead atoms. The van der Waals surface area contributed by atoms with E-state index in [-0.39, 0.29) is 5.91 Å². The van der Waals surface area contributed by atoms with Crippen LogP contribution in [0, 0.1) is 6.92 Å². The number of likely N-dealkylation sites (tertiary alicyclic amines) is 1. The van der Waals surface area contributed by atoms with Gasteiger partial charge >= 0.3 is 6.03 Å². The van der Waals surface area contributed by atoms with Crippen LogP contribution in [0.4, 0.5) is 10.6 Å². The topological polar surface area (TPSA) is 97.4 Å². The summed E-state index contributed by atoms with van der Waals surface area (Å²) in [6.45, 7) is 3.20. The third-order valence-corrected chi connectivity index (χ3v) is 5.21. The number of aromatic nitrogens is 5. The highest BCUT2D eigenvalue weighted by Crippen LogP contribution is 2.19. The number of hydrogen-bond donors (Lipinski definition) is 1. The molecule has 4 aromatic rings. The molecule has 1 aliphatic rings. The Morgan fingerprint density at radius 1 is 1.07 bits per heavy atom. The number of carbonyl (C=O) groups is 2. The summed E-state index contributed by atoms with van der Waals surface area (Å²) in [5, 5.41) is 6.81. The lowest BCUT2D eigenvalue weighted by Crippen LogP contribution is -2.42. The molecule has 1 saturated heterocycles. The first-order chi connectivity index (χ1) is 14.6. The van der Waals surface area contributed by atoms with Crippen molar-refractivity contribution in [3.8, 4) is 11.3 Å². The van der Waals surface area contributed by atoms with Crippen LogP contribution in [-0.2, 0) is 0 Å². The van der Waals surface area contributed by atoms with Crippen LogP contribution in [0.2, 0.25) is 0 Å². The zero-order valence-corrected chi connectivity index (χ0v) is 16.3. The summed E-state index contributed by atoms with van der Waals surface area (Å²) in [5.41, 5.74) is 2.72. The first-order valence-corrected chi connectivity index (χ1v) is 9.66. The van der Waals surface area contributed by atoms with Gasteiger partial charge in [0.2, 0.25) is 5.78 Å². The largest absolute Gasteiger partial charge is 0.347 e. The number of nitrogens with zero attached hydrogens (tertiary/aromatic N) is 6. The first kappa shape index (κ1) is 18.0. The van der Waals surface area contributed by atoms with E-state index < -0.39 is 6.03 Å². The molecule has 1 aliphatic heterocycles. The Morgan fingerprint density at radius 2 is 1.87 bits per heavy atom. The average molecular weight is 401 g/mol. The Kier molecular flexibility index (Phi) is 4.27. The minimum Gasteiger partial charge on any atom is -0.338 e. The van der Waals surface area contributed by atoms with Crippen LogP contribution in [0.15, 0.2) is 55.0 Å². The number of amides is 2. The monoisotopic (exact) mass is 401 g/mol. The Balaban J connectivity index is 1.37. The highest BCUT2D eigenvalue weighted by molar-refractivity contribution is 5.97. The number of imidazole rings is 1. The van der Waals surface area contributed by atoms with Crippen LogP contribution in [-0.4, -0.2) is 54.1 Å². The van der Waals surface area contributed by atoms with Gasteiger partial charge in [-0.25, -0.2) is 9.78 Å². The van der Waals surface area contributed by atoms with Crippen molar-refractivity contribution in [3.05, 3.63) is 66.2 Å². The van der Waals surface area contributed by atoms with Crippen molar-refractivity contribution < 1.29 is 9.59 Å². The summed E-state index contributed by atoms with van der Waals surface area (Å²) in [6.07, 6.45) is 6.11. The molecule has 1 N–H and O–H groups in total. The van der Waals surface area contributed by atoms with Crippen LogP contribution in [0.3, 0.4) is 0 Å². The predicted molar refractivity (Wildman–Crippen MR) is 110 cm³/mol. The van der Waals surface area contributed by atoms with Gasteiger partial charge in [0.05, 0.1) is 23.1 Å². The first-order valence-electron chi connectivity index (χ1n) is 9.66. The van der Waals surface area contributed by atoms with Gasteiger partial charge in [0.25, 0.3) is 5.91 Å². The maximum atomic E-state index is 12.7. The molecule has 0 radical (unpaired) electrons. The van der Waals surface area contributed by atoms with E-state index in [1.807, 2.05) is 36.5 Å². The van der Waals surface area contributed by atoms with Gasteiger partial charge in [0, 0.05) is 31.0 Å². The number of benzene rings is 1. The molecule has 0 spiro atoms. The predicted octanol–water partition coefficient (Wildman–Crippen LogP) is 2.83. The molecule has 0 unspecified atom stereocenters. The smallest absolute Gasteiger partial charge is 0.338 e. The second kappa shape index (κ2) is 7.11. The van der Waals surface area contributed by atoms with Gasteiger partial charge in [-0.1, -0.05) is 30.3 Å². The average Bonchev–Trinajstić information content (AvgIpc) is 3.30. The molecule has 0 saturated carbocycles. The van der Waals surface area contributed by atoms with Gasteiger partial charge in [-0.3, -0.25) is 14.5 Å². The summed E-state index contributed by atoms with van der Waals surface area (Å²) in [7, 11) is 0. The standard InChI is InChI=1S/C21H19N7O2/c1-14-16(19(29)26-9-5-10-26)12-22-28(14)21(30)25-18-8-11-27-13-17(23-20(27)24-18)15-6-3-2-4-7-15/h2-4,6-8,11-13H,5,9-10H2,1H3,(H,23,24,25,30). The van der Waals surface area contributed by atoms with Crippen LogP contribution in [0.25, 0.3) is 17.0 Å². The fourth-order valence-corrected chi connectivity index (χ4v) is 3.37. The second-order valence-electron chi connectivity index (χ2n) is 7.14. The van der Waals surface area contributed by atoms with E-state index in [2.05, 4.69) is 20.4 Å². The summed E-state index contributed by atoms with van der Waals surface area (Å²) in [6, 6.07) is 11.0. The highest BCUT2D eigenvalue weighted by Gasteiger charge is 2.26. The fourth-order valence-electron chi connectivity index (χ4n) is 3.37. The van der Waals surface area contributed by atoms with Gasteiger partial charge in [-0.2, -0.15) is 14.8 Å². The number of nitrogens with one attached hydrogen (secondary N) is 1. The van der Waals surface area contributed by atoms with Crippen LogP contribution < -0.4 is 5.32 Å². The van der Waals surface area contributed by atoms with E-state index >= 15 is 0 Å². The second-order valence-corrected chi connectivity index (χ2v) is 7.14. The van der Waals surface area contributed by atoms with Crippen molar-refractivity contribution >= 4 is 23.5 Å². The van der Waals surface area contributed by atoms with Gasteiger partial charge < -0.3 is 4.90 Å². The maximum absolute atomic E-state index is 12.7. The van der Waals surface area contributed by atoms with Crippen LogP contribution in [0.5, 0.6) is 0 Å². The SMILES string of the molecule is Cc1c(C(=O)N2CCC2)cnn1C(=O)Nc1ccn2cc(-c3ccccc3)nc2n1. The molecule has 0 aliphatic carbocycles. The molecule has 150 valence electrons. The Hall–Kier alpha value is -4.01. The molecule has 5 rings (SSSR count). The van der Waals surface area contributed by atoms with E-state index in [1.165, 1.54) is 10.9 Å². The Labute approximate surface area is 172 Å². The van der Waals surface area contributed by atoms with Crippen LogP contribution in [0.1, 0.15) is 22.5 Å². The van der Waals surface area contributed by atoms with E-state index in [1.54, 1.807) is 28.5 Å². The van der Waals surface area contributed by atoms with E-state index in [4.69, 9.17) is 0 Å². The molecule has 30 heavy (non-hydrogen) atoms. The molecule has 3 aromatic heterocycles. The van der Waals surface area contributed by atoms with Crippen LogP contribution >= 0.6 is 0 Å². The van der Waals surface area contributed by atoms with Crippen molar-refractivity contribution in [2.75, 3.05) is 18.4 Å². The lowest BCUT2D eigenvalue weighted by atomic mass is 10.1. The van der Waals surface area contributed by atoms with Crippen molar-refractivity contribution in [2.45, 2.75) is 13.3 Å². The van der Waals surface area contributed by atoms with Crippen molar-refractivity contribution in [2.24, 2.45) is 0 Å². The third-order valence-electron chi connectivity index (χ3n) is 5.21. The highest BCUT2D eigenvalue weighted by atomic mass is 16.2. The Morgan fingerprint density at radius 3 is 2.60 bits per heavy atom. The summed E-state index contributed by atoms with van der Waals surface area (Å²) >= 11 is 0. The number of carbonyl (C=O) groups excluding carboxylic acids is 2. The van der Waals surface area contributed by atoms with E-state index in [0.29, 0.717) is 22.9 Å². The fraction of sp³-hybridized carbons (Fsp3) is 0.190. The lowest BCUT2D eigenvalue weighted by molar-refractivity contribution is 0.0651. The van der Waals surface area contributed by atoms with Gasteiger partial charge in [-0.05, 0) is 19.4 Å². The number of rotatable bonds is 3. The van der Waals surface area contributed by atoms with E-state index in [9.17, 15) is 9.59 Å². The summed E-state index contributed by atoms with van der Waals surface area (Å²) in [5.74, 6) is 0.726. The number of anilines is 1. The molecule has 9 heteroatoms. The molecule has 4 heterocycles. The lowest BCUT2D eigenvalue weighted by Gasteiger charge is -2.30. The molecular formula is C21H19N7O2. The van der Waals surface area contributed by atoms with E-state index in [0.717, 1.165) is 30.8 Å². The number of fused-ring (bicyclic) bond motifs is 1. The van der Waals surface area contributed by atoms with Crippen molar-refractivity contribution in [1.82, 2.24) is 29.0 Å². The zero-order chi connectivity index (χ0) is 20.7. The molecule has 9 nitrogen and oxygen atoms in total. The summed E-state index contributed by atoms with van der Waals surface area (Å²) < 4.78 is 2.97.